The lowest BCUT2D eigenvalue weighted by atomic mass is 10.1. The van der Waals surface area contributed by atoms with Crippen molar-refractivity contribution in [2.24, 2.45) is 17.8 Å². The lowest BCUT2D eigenvalue weighted by Gasteiger charge is -2.30. The van der Waals surface area contributed by atoms with Gasteiger partial charge in [-0.2, -0.15) is 0 Å². The molecule has 3 fully saturated rings. The molecule has 1 amide bonds. The van der Waals surface area contributed by atoms with Crippen LogP contribution in [0, 0.1) is 30.5 Å². The van der Waals surface area contributed by atoms with Crippen molar-refractivity contribution in [3.8, 4) is 5.95 Å². The van der Waals surface area contributed by atoms with Crippen LogP contribution < -0.4 is 14.5 Å². The molecule has 0 bridgehead atoms. The van der Waals surface area contributed by atoms with Crippen LogP contribution in [0.25, 0.3) is 0 Å². The number of halogens is 1. The Morgan fingerprint density at radius 1 is 1.05 bits per heavy atom. The standard InChI is InChI=1S/C31H36FN3O4/c1-3-22-4-6-23(7-5-22)17-33-18-25-26(19-33)27(25)20-35(31(36)39-30-21(2)10-13-38-30)24-8-9-29(28(32)16-24)34-11-14-37-15-12-34/h4-10,13,16,25-27H,3,11-12,14-15,17-20H2,1-2H3. The van der Waals surface area contributed by atoms with Gasteiger partial charge in [-0.15, -0.1) is 0 Å². The normalized spacial score (nSPS) is 22.5. The van der Waals surface area contributed by atoms with Gasteiger partial charge in [-0.3, -0.25) is 9.80 Å². The van der Waals surface area contributed by atoms with Crippen LogP contribution in [0.4, 0.5) is 20.6 Å². The lowest BCUT2D eigenvalue weighted by Crippen LogP contribution is -2.38. The van der Waals surface area contributed by atoms with Gasteiger partial charge in [-0.25, -0.2) is 9.18 Å². The van der Waals surface area contributed by atoms with Crippen molar-refractivity contribution < 1.29 is 23.1 Å². The lowest BCUT2D eigenvalue weighted by molar-refractivity contribution is 0.122. The summed E-state index contributed by atoms with van der Waals surface area (Å²) in [4.78, 5) is 19.4. The summed E-state index contributed by atoms with van der Waals surface area (Å²) in [5.74, 6) is 1.23. The van der Waals surface area contributed by atoms with E-state index in [-0.39, 0.29) is 11.8 Å². The van der Waals surface area contributed by atoms with Crippen LogP contribution in [0.1, 0.15) is 23.6 Å². The minimum absolute atomic E-state index is 0.173. The number of hydrogen-bond acceptors (Lipinski definition) is 6. The highest BCUT2D eigenvalue weighted by molar-refractivity contribution is 5.89. The van der Waals surface area contributed by atoms with E-state index in [9.17, 15) is 4.79 Å². The van der Waals surface area contributed by atoms with E-state index in [2.05, 4.69) is 36.1 Å². The van der Waals surface area contributed by atoms with Gasteiger partial charge in [0.25, 0.3) is 5.95 Å². The number of fused-ring (bicyclic) bond motifs is 1. The molecule has 2 atom stereocenters. The molecule has 8 heteroatoms. The Morgan fingerprint density at radius 3 is 2.41 bits per heavy atom. The number of hydrogen-bond donors (Lipinski definition) is 0. The average molecular weight is 534 g/mol. The summed E-state index contributed by atoms with van der Waals surface area (Å²) < 4.78 is 31.7. The van der Waals surface area contributed by atoms with Crippen LogP contribution >= 0.6 is 0 Å². The third-order valence-corrected chi connectivity index (χ3v) is 8.49. The van der Waals surface area contributed by atoms with Crippen molar-refractivity contribution in [1.82, 2.24) is 4.90 Å². The molecule has 0 radical (unpaired) electrons. The molecule has 3 aromatic rings. The highest BCUT2D eigenvalue weighted by Gasteiger charge is 2.56. The first-order chi connectivity index (χ1) is 19.0. The molecule has 2 unspecified atom stereocenters. The Kier molecular flexibility index (Phi) is 7.32. The number of nitrogens with zero attached hydrogens (tertiary/aromatic N) is 3. The predicted molar refractivity (Wildman–Crippen MR) is 148 cm³/mol. The number of anilines is 2. The van der Waals surface area contributed by atoms with Crippen molar-refractivity contribution in [3.63, 3.8) is 0 Å². The fraction of sp³-hybridized carbons (Fsp3) is 0.452. The fourth-order valence-electron chi connectivity index (χ4n) is 6.09. The van der Waals surface area contributed by atoms with E-state index in [0.717, 1.165) is 31.6 Å². The third kappa shape index (κ3) is 5.54. The summed E-state index contributed by atoms with van der Waals surface area (Å²) in [5.41, 5.74) is 4.46. The zero-order chi connectivity index (χ0) is 26.9. The summed E-state index contributed by atoms with van der Waals surface area (Å²) in [6, 6.07) is 15.6. The minimum atomic E-state index is -0.551. The number of carbonyl (C=O) groups is 1. The zero-order valence-corrected chi connectivity index (χ0v) is 22.6. The molecule has 0 N–H and O–H groups in total. The molecule has 1 saturated carbocycles. The number of ether oxygens (including phenoxy) is 2. The number of rotatable bonds is 8. The summed E-state index contributed by atoms with van der Waals surface area (Å²) in [5, 5.41) is 0. The number of benzene rings is 2. The van der Waals surface area contributed by atoms with Crippen molar-refractivity contribution in [3.05, 3.63) is 77.3 Å². The summed E-state index contributed by atoms with van der Waals surface area (Å²) >= 11 is 0. The molecule has 2 aliphatic heterocycles. The van der Waals surface area contributed by atoms with Gasteiger partial charge in [-0.1, -0.05) is 31.2 Å². The highest BCUT2D eigenvalue weighted by Crippen LogP contribution is 2.52. The Balaban J connectivity index is 1.14. The number of morpholine rings is 1. The molecule has 1 aromatic heterocycles. The topological polar surface area (TPSA) is 58.4 Å². The Labute approximate surface area is 229 Å². The molecule has 3 heterocycles. The number of likely N-dealkylation sites (tertiary alicyclic amines) is 1. The minimum Gasteiger partial charge on any atom is -0.434 e. The number of carbonyl (C=O) groups excluding carboxylic acids is 1. The van der Waals surface area contributed by atoms with Gasteiger partial charge in [0, 0.05) is 44.8 Å². The van der Waals surface area contributed by atoms with E-state index in [1.165, 1.54) is 23.5 Å². The van der Waals surface area contributed by atoms with E-state index < -0.39 is 6.09 Å². The number of furan rings is 1. The van der Waals surface area contributed by atoms with Crippen LogP contribution in [0.2, 0.25) is 0 Å². The van der Waals surface area contributed by atoms with Gasteiger partial charge < -0.3 is 18.8 Å². The Morgan fingerprint density at radius 2 is 1.77 bits per heavy atom. The monoisotopic (exact) mass is 533 g/mol. The molecule has 7 nitrogen and oxygen atoms in total. The van der Waals surface area contributed by atoms with Crippen LogP contribution in [0.15, 0.2) is 59.2 Å². The van der Waals surface area contributed by atoms with E-state index in [1.807, 2.05) is 17.9 Å². The average Bonchev–Trinajstić information content (AvgIpc) is 3.22. The largest absolute Gasteiger partial charge is 0.434 e. The Bertz CT molecular complexity index is 1290. The first-order valence-electron chi connectivity index (χ1n) is 14.0. The molecule has 0 spiro atoms. The van der Waals surface area contributed by atoms with Gasteiger partial charge in [0.15, 0.2) is 0 Å². The smallest absolute Gasteiger partial charge is 0.422 e. The molecule has 39 heavy (non-hydrogen) atoms. The van der Waals surface area contributed by atoms with Crippen LogP contribution in [-0.4, -0.2) is 56.9 Å². The maximum Gasteiger partial charge on any atom is 0.422 e. The first kappa shape index (κ1) is 25.9. The van der Waals surface area contributed by atoms with Crippen LogP contribution in [0.5, 0.6) is 5.95 Å². The molecule has 2 aromatic carbocycles. The van der Waals surface area contributed by atoms with Crippen molar-refractivity contribution in [2.45, 2.75) is 26.8 Å². The second kappa shape index (κ2) is 11.0. The van der Waals surface area contributed by atoms with E-state index >= 15 is 4.39 Å². The van der Waals surface area contributed by atoms with Crippen molar-refractivity contribution >= 4 is 17.5 Å². The fourth-order valence-corrected chi connectivity index (χ4v) is 6.09. The van der Waals surface area contributed by atoms with Crippen LogP contribution in [-0.2, 0) is 17.7 Å². The van der Waals surface area contributed by atoms with E-state index in [4.69, 9.17) is 13.9 Å². The molecule has 206 valence electrons. The first-order valence-corrected chi connectivity index (χ1v) is 14.0. The molecular weight excluding hydrogens is 497 g/mol. The highest BCUT2D eigenvalue weighted by atomic mass is 19.1. The zero-order valence-electron chi connectivity index (χ0n) is 22.6. The quantitative estimate of drug-likeness (QED) is 0.381. The predicted octanol–water partition coefficient (Wildman–Crippen LogP) is 5.51. The van der Waals surface area contributed by atoms with Gasteiger partial charge in [-0.05, 0) is 66.5 Å². The molecule has 2 saturated heterocycles. The number of amides is 1. The Hall–Kier alpha value is -3.36. The van der Waals surface area contributed by atoms with Gasteiger partial charge in [0.1, 0.15) is 5.82 Å². The SMILES string of the molecule is CCc1ccc(CN2CC3C(C2)C3CN(C(=O)Oc2occc2C)c2ccc(N3CCOCC3)c(F)c2)cc1. The molecule has 6 rings (SSSR count). The maximum absolute atomic E-state index is 15.3. The molecule has 3 aliphatic rings. The third-order valence-electron chi connectivity index (χ3n) is 8.49. The van der Waals surface area contributed by atoms with E-state index in [0.29, 0.717) is 62.0 Å². The molecular formula is C31H36FN3O4. The number of aryl methyl sites for hydroxylation is 2. The van der Waals surface area contributed by atoms with Crippen LogP contribution in [0.3, 0.4) is 0 Å². The molecule has 1 aliphatic carbocycles. The second-order valence-corrected chi connectivity index (χ2v) is 11.0. The number of piperidine rings is 1. The van der Waals surface area contributed by atoms with Crippen molar-refractivity contribution in [2.75, 3.05) is 55.7 Å². The summed E-state index contributed by atoms with van der Waals surface area (Å²) in [7, 11) is 0. The van der Waals surface area contributed by atoms with Gasteiger partial charge >= 0.3 is 6.09 Å². The summed E-state index contributed by atoms with van der Waals surface area (Å²) in [6.45, 7) is 9.89. The van der Waals surface area contributed by atoms with Gasteiger partial charge in [0.05, 0.1) is 30.9 Å². The maximum atomic E-state index is 15.3. The van der Waals surface area contributed by atoms with Crippen molar-refractivity contribution in [1.29, 1.82) is 0 Å². The second-order valence-electron chi connectivity index (χ2n) is 11.0. The van der Waals surface area contributed by atoms with Gasteiger partial charge in [0.2, 0.25) is 0 Å². The summed E-state index contributed by atoms with van der Waals surface area (Å²) in [6.07, 6.45) is 1.99. The van der Waals surface area contributed by atoms with E-state index in [1.54, 1.807) is 17.0 Å².